The number of hydrogen-bond acceptors (Lipinski definition) is 7. The monoisotopic (exact) mass is 383 g/mol. The maximum Gasteiger partial charge on any atom is 0.234 e. The molecule has 2 heterocycles. The van der Waals surface area contributed by atoms with Crippen LogP contribution in [0.5, 0.6) is 11.5 Å². The van der Waals surface area contributed by atoms with E-state index in [0.29, 0.717) is 16.7 Å². The molecule has 2 aromatic carbocycles. The number of rotatable bonds is 5. The molecule has 3 aromatic rings. The predicted octanol–water partition coefficient (Wildman–Crippen LogP) is 2.74. The van der Waals surface area contributed by atoms with Gasteiger partial charge in [-0.25, -0.2) is 0 Å². The second-order valence-corrected chi connectivity index (χ2v) is 6.96. The highest BCUT2D eigenvalue weighted by atomic mass is 32.2. The Morgan fingerprint density at radius 2 is 1.96 bits per heavy atom. The molecule has 0 bridgehead atoms. The lowest BCUT2D eigenvalue weighted by molar-refractivity contribution is -0.113. The van der Waals surface area contributed by atoms with Crippen molar-refractivity contribution < 1.29 is 14.3 Å². The quantitative estimate of drug-likeness (QED) is 0.677. The second-order valence-electron chi connectivity index (χ2n) is 6.01. The highest BCUT2D eigenvalue weighted by Crippen LogP contribution is 2.34. The Balaban J connectivity index is 1.45. The SMILES string of the molecule is Cc1cccc(C)c1NC(=O)CSc1nnnn1-c1ccc2c(c1)OCO2. The maximum atomic E-state index is 12.4. The summed E-state index contributed by atoms with van der Waals surface area (Å²) in [5.74, 6) is 1.41. The number of aromatic nitrogens is 4. The van der Waals surface area contributed by atoms with Gasteiger partial charge in [-0.1, -0.05) is 30.0 Å². The number of aryl methyl sites for hydroxylation is 2. The van der Waals surface area contributed by atoms with Crippen LogP contribution in [0.2, 0.25) is 0 Å². The fourth-order valence-corrected chi connectivity index (χ4v) is 3.46. The number of tetrazole rings is 1. The Kier molecular flexibility index (Phi) is 4.68. The Bertz CT molecular complexity index is 984. The summed E-state index contributed by atoms with van der Waals surface area (Å²) in [5, 5.41) is 15.2. The molecule has 138 valence electrons. The van der Waals surface area contributed by atoms with Crippen LogP contribution in [0.15, 0.2) is 41.6 Å². The van der Waals surface area contributed by atoms with Gasteiger partial charge in [-0.3, -0.25) is 4.79 Å². The van der Waals surface area contributed by atoms with Crippen molar-refractivity contribution >= 4 is 23.4 Å². The minimum Gasteiger partial charge on any atom is -0.454 e. The van der Waals surface area contributed by atoms with Crippen molar-refractivity contribution in [3.05, 3.63) is 47.5 Å². The average molecular weight is 383 g/mol. The van der Waals surface area contributed by atoms with Crippen molar-refractivity contribution in [2.24, 2.45) is 0 Å². The highest BCUT2D eigenvalue weighted by Gasteiger charge is 2.17. The van der Waals surface area contributed by atoms with Crippen molar-refractivity contribution in [3.63, 3.8) is 0 Å². The predicted molar refractivity (Wildman–Crippen MR) is 101 cm³/mol. The lowest BCUT2D eigenvalue weighted by atomic mass is 10.1. The summed E-state index contributed by atoms with van der Waals surface area (Å²) in [5.41, 5.74) is 3.64. The van der Waals surface area contributed by atoms with E-state index in [1.54, 1.807) is 10.7 Å². The number of ether oxygens (including phenoxy) is 2. The molecular formula is C18H17N5O3S. The van der Waals surface area contributed by atoms with E-state index in [-0.39, 0.29) is 18.5 Å². The van der Waals surface area contributed by atoms with E-state index in [4.69, 9.17) is 9.47 Å². The number of nitrogens with zero attached hydrogens (tertiary/aromatic N) is 4. The minimum absolute atomic E-state index is 0.113. The zero-order chi connectivity index (χ0) is 18.8. The van der Waals surface area contributed by atoms with E-state index in [1.165, 1.54) is 11.8 Å². The standard InChI is InChI=1S/C18H17N5O3S/c1-11-4-3-5-12(2)17(11)19-16(24)9-27-18-20-21-22-23(18)13-6-7-14-15(8-13)26-10-25-14/h3-8H,9-10H2,1-2H3,(H,19,24). The summed E-state index contributed by atoms with van der Waals surface area (Å²) in [6.07, 6.45) is 0. The molecule has 1 amide bonds. The number of thioether (sulfide) groups is 1. The third-order valence-electron chi connectivity index (χ3n) is 4.12. The minimum atomic E-state index is -0.113. The van der Waals surface area contributed by atoms with Crippen molar-refractivity contribution in [2.45, 2.75) is 19.0 Å². The van der Waals surface area contributed by atoms with Gasteiger partial charge in [0.25, 0.3) is 0 Å². The molecule has 27 heavy (non-hydrogen) atoms. The number of amides is 1. The summed E-state index contributed by atoms with van der Waals surface area (Å²) in [6.45, 7) is 4.14. The van der Waals surface area contributed by atoms with E-state index in [0.717, 1.165) is 22.5 Å². The summed E-state index contributed by atoms with van der Waals surface area (Å²) < 4.78 is 12.3. The molecule has 0 spiro atoms. The first kappa shape index (κ1) is 17.3. The van der Waals surface area contributed by atoms with Gasteiger partial charge in [0.15, 0.2) is 11.5 Å². The molecule has 1 aromatic heterocycles. The number of carbonyl (C=O) groups excluding carboxylic acids is 1. The van der Waals surface area contributed by atoms with E-state index in [9.17, 15) is 4.79 Å². The molecule has 0 aliphatic carbocycles. The van der Waals surface area contributed by atoms with Gasteiger partial charge < -0.3 is 14.8 Å². The first-order valence-electron chi connectivity index (χ1n) is 8.29. The fraction of sp³-hybridized carbons (Fsp3) is 0.222. The zero-order valence-corrected chi connectivity index (χ0v) is 15.6. The Morgan fingerprint density at radius 1 is 1.19 bits per heavy atom. The Labute approximate surface area is 159 Å². The van der Waals surface area contributed by atoms with Crippen molar-refractivity contribution in [1.82, 2.24) is 20.2 Å². The van der Waals surface area contributed by atoms with Crippen LogP contribution >= 0.6 is 11.8 Å². The van der Waals surface area contributed by atoms with Gasteiger partial charge in [0, 0.05) is 11.8 Å². The molecule has 4 rings (SSSR count). The second kappa shape index (κ2) is 7.28. The number of anilines is 1. The van der Waals surface area contributed by atoms with Crippen LogP contribution in [0.3, 0.4) is 0 Å². The summed E-state index contributed by atoms with van der Waals surface area (Å²) in [6, 6.07) is 11.4. The smallest absolute Gasteiger partial charge is 0.234 e. The van der Waals surface area contributed by atoms with Crippen LogP contribution in [0.1, 0.15) is 11.1 Å². The molecule has 9 heteroatoms. The van der Waals surface area contributed by atoms with Gasteiger partial charge in [0.2, 0.25) is 17.9 Å². The molecular weight excluding hydrogens is 366 g/mol. The molecule has 0 fully saturated rings. The van der Waals surface area contributed by atoms with Gasteiger partial charge in [0.05, 0.1) is 11.4 Å². The lowest BCUT2D eigenvalue weighted by Crippen LogP contribution is -2.16. The molecule has 1 aliphatic rings. The zero-order valence-electron chi connectivity index (χ0n) is 14.8. The number of benzene rings is 2. The van der Waals surface area contributed by atoms with Crippen molar-refractivity contribution in [1.29, 1.82) is 0 Å². The Morgan fingerprint density at radius 3 is 2.78 bits per heavy atom. The Hall–Kier alpha value is -3.07. The molecule has 0 atom stereocenters. The molecule has 0 saturated carbocycles. The normalized spacial score (nSPS) is 12.2. The average Bonchev–Trinajstić information content (AvgIpc) is 3.31. The molecule has 1 aliphatic heterocycles. The van der Waals surface area contributed by atoms with Gasteiger partial charge in [0.1, 0.15) is 0 Å². The number of carbonyl (C=O) groups is 1. The van der Waals surface area contributed by atoms with E-state index in [1.807, 2.05) is 44.2 Å². The number of hydrogen-bond donors (Lipinski definition) is 1. The van der Waals surface area contributed by atoms with Gasteiger partial charge in [-0.05, 0) is 47.5 Å². The van der Waals surface area contributed by atoms with Crippen LogP contribution in [0.25, 0.3) is 5.69 Å². The number of para-hydroxylation sites is 1. The summed E-state index contributed by atoms with van der Waals surface area (Å²) >= 11 is 1.26. The van der Waals surface area contributed by atoms with Gasteiger partial charge >= 0.3 is 0 Å². The first-order chi connectivity index (χ1) is 13.1. The third kappa shape index (κ3) is 3.59. The van der Waals surface area contributed by atoms with Crippen LogP contribution in [-0.2, 0) is 4.79 Å². The van der Waals surface area contributed by atoms with E-state index < -0.39 is 0 Å². The van der Waals surface area contributed by atoms with Crippen LogP contribution < -0.4 is 14.8 Å². The highest BCUT2D eigenvalue weighted by molar-refractivity contribution is 7.99. The molecule has 1 N–H and O–H groups in total. The molecule has 0 unspecified atom stereocenters. The van der Waals surface area contributed by atoms with Crippen molar-refractivity contribution in [3.8, 4) is 17.2 Å². The van der Waals surface area contributed by atoms with Gasteiger partial charge in [-0.15, -0.1) is 5.10 Å². The molecule has 0 radical (unpaired) electrons. The van der Waals surface area contributed by atoms with Crippen molar-refractivity contribution in [2.75, 3.05) is 17.9 Å². The first-order valence-corrected chi connectivity index (χ1v) is 9.27. The summed E-state index contributed by atoms with van der Waals surface area (Å²) in [4.78, 5) is 12.4. The fourth-order valence-electron chi connectivity index (χ4n) is 2.77. The van der Waals surface area contributed by atoms with Gasteiger partial charge in [-0.2, -0.15) is 4.68 Å². The number of nitrogens with one attached hydrogen (secondary N) is 1. The van der Waals surface area contributed by atoms with E-state index in [2.05, 4.69) is 20.8 Å². The topological polar surface area (TPSA) is 91.2 Å². The van der Waals surface area contributed by atoms with Crippen LogP contribution in [0.4, 0.5) is 5.69 Å². The molecule has 8 nitrogen and oxygen atoms in total. The van der Waals surface area contributed by atoms with Crippen LogP contribution in [0, 0.1) is 13.8 Å². The summed E-state index contributed by atoms with van der Waals surface area (Å²) in [7, 11) is 0. The third-order valence-corrected chi connectivity index (χ3v) is 5.04. The maximum absolute atomic E-state index is 12.4. The van der Waals surface area contributed by atoms with E-state index >= 15 is 0 Å². The number of fused-ring (bicyclic) bond motifs is 1. The molecule has 0 saturated heterocycles. The largest absolute Gasteiger partial charge is 0.454 e. The van der Waals surface area contributed by atoms with Crippen LogP contribution in [-0.4, -0.2) is 38.7 Å². The lowest BCUT2D eigenvalue weighted by Gasteiger charge is -2.11.